The maximum Gasteiger partial charge on any atom is 0.302 e. The SMILES string of the molecule is CCC1=C2C=C[C@@H]3CCC[C@]4(O)C=C[C@@]56CC[C@]7(Cc8cc(O)cc(OCO)c8-c8ccc9c(c87)O[C@H](c7c8c(c(O)c%10c7[C@@H]7C#CC(=C2[C@H]5[C@@]34c2cccc(c2)C[C@H](C#C7)[C@@H](COC)[C@H](CO)CNC%10)NC1N)O[C@H]1[C@H](C=C8)N[C@H]2CCC[C@@H](CSS[C@H]1Cc1ccccc1)C2)[C@H]9COC(C)=O)C6. The van der Waals surface area contributed by atoms with Crippen LogP contribution in [0.1, 0.15) is 158 Å². The number of carbonyl (C=O) groups is 1. The van der Waals surface area contributed by atoms with Crippen molar-refractivity contribution < 1.29 is 54.0 Å². The second kappa shape index (κ2) is 26.8. The van der Waals surface area contributed by atoms with Crippen LogP contribution in [-0.2, 0) is 50.9 Å². The van der Waals surface area contributed by atoms with Crippen LogP contribution in [0, 0.1) is 64.6 Å². The van der Waals surface area contributed by atoms with Crippen LogP contribution in [0.5, 0.6) is 28.7 Å². The van der Waals surface area contributed by atoms with E-state index in [1.54, 1.807) is 13.2 Å². The van der Waals surface area contributed by atoms with Gasteiger partial charge in [-0.25, -0.2) is 0 Å². The van der Waals surface area contributed by atoms with E-state index in [-0.39, 0.29) is 66.3 Å². The maximum atomic E-state index is 14.7. The van der Waals surface area contributed by atoms with E-state index in [1.807, 2.05) is 27.7 Å². The molecule has 5 aromatic rings. The first-order chi connectivity index (χ1) is 50.7. The van der Waals surface area contributed by atoms with Crippen molar-refractivity contribution in [3.8, 4) is 63.6 Å². The number of rotatable bonds is 10. The number of phenolic OH excluding ortho intramolecular Hbond substituents is 2. The summed E-state index contributed by atoms with van der Waals surface area (Å²) >= 11 is 0. The third kappa shape index (κ3) is 10.9. The predicted molar refractivity (Wildman–Crippen MR) is 405 cm³/mol. The van der Waals surface area contributed by atoms with Gasteiger partial charge in [-0.15, -0.1) is 0 Å². The van der Waals surface area contributed by atoms with Crippen molar-refractivity contribution in [2.45, 2.75) is 174 Å². The number of aliphatic hydroxyl groups excluding tert-OH is 2. The molecule has 17 heteroatoms. The number of ether oxygens (including phenoxy) is 5. The molecule has 3 spiro atoms. The quantitative estimate of drug-likeness (QED) is 0.0208. The molecular weight excluding hydrogens is 1340 g/mol. The number of carbonyl (C=O) groups excluding carboxylic acids is 1. The Kier molecular flexibility index (Phi) is 17.6. The Labute approximate surface area is 617 Å². The summed E-state index contributed by atoms with van der Waals surface area (Å²) in [5.74, 6) is 14.9. The van der Waals surface area contributed by atoms with Crippen molar-refractivity contribution in [1.82, 2.24) is 16.0 Å². The first-order valence-electron chi connectivity index (χ1n) is 38.1. The number of nitrogens with one attached hydrogen (secondary N) is 3. The van der Waals surface area contributed by atoms with Gasteiger partial charge in [0.15, 0.2) is 18.3 Å². The van der Waals surface area contributed by atoms with Crippen molar-refractivity contribution in [2.75, 3.05) is 46.0 Å². The first-order valence-corrected chi connectivity index (χ1v) is 40.5. The molecule has 0 amide bonds. The summed E-state index contributed by atoms with van der Waals surface area (Å²) in [5.41, 5.74) is 17.6. The number of fused-ring (bicyclic) bond motifs is 12. The number of dihydropyridines is 1. The van der Waals surface area contributed by atoms with Crippen LogP contribution in [0.4, 0.5) is 0 Å². The predicted octanol–water partition coefficient (Wildman–Crippen LogP) is 12.5. The molecular formula is C87H94N4O11S2. The molecule has 4 fully saturated rings. The Morgan fingerprint density at radius 3 is 2.62 bits per heavy atom. The van der Waals surface area contributed by atoms with E-state index >= 15 is 0 Å². The number of methoxy groups -OCH3 is 1. The number of phenols is 2. The molecule has 3 saturated carbocycles. The minimum absolute atomic E-state index is 0.0227. The van der Waals surface area contributed by atoms with Gasteiger partial charge >= 0.3 is 5.97 Å². The maximum absolute atomic E-state index is 14.7. The Bertz CT molecular complexity index is 4620. The molecule has 6 aliphatic heterocycles. The van der Waals surface area contributed by atoms with Gasteiger partial charge in [0.05, 0.1) is 41.3 Å². The van der Waals surface area contributed by atoms with Gasteiger partial charge in [-0.2, -0.15) is 0 Å². The number of nitrogens with two attached hydrogens (primary N) is 1. The number of hydrogen-bond acceptors (Lipinski definition) is 17. The van der Waals surface area contributed by atoms with E-state index < -0.39 is 76.7 Å². The highest BCUT2D eigenvalue weighted by atomic mass is 33.1. The van der Waals surface area contributed by atoms with Gasteiger partial charge in [0.1, 0.15) is 42.0 Å². The molecule has 6 heterocycles. The van der Waals surface area contributed by atoms with Crippen LogP contribution in [0.15, 0.2) is 132 Å². The third-order valence-electron chi connectivity index (χ3n) is 26.7. The van der Waals surface area contributed by atoms with Crippen LogP contribution in [0.2, 0.25) is 0 Å². The summed E-state index contributed by atoms with van der Waals surface area (Å²) in [6.07, 6.45) is 22.5. The summed E-state index contributed by atoms with van der Waals surface area (Å²) in [5, 5.41) is 75.3. The zero-order chi connectivity index (χ0) is 71.0. The molecule has 18 rings (SSSR count). The van der Waals surface area contributed by atoms with Gasteiger partial charge in [-0.1, -0.05) is 156 Å². The second-order valence-electron chi connectivity index (χ2n) is 32.2. The van der Waals surface area contributed by atoms with E-state index in [1.165, 1.54) is 18.9 Å². The van der Waals surface area contributed by atoms with Crippen LogP contribution >= 0.6 is 21.6 Å². The van der Waals surface area contributed by atoms with Gasteiger partial charge in [-0.3, -0.25) is 4.79 Å². The molecule has 13 aliphatic rings. The number of allylic oxidation sites excluding steroid dienone is 6. The highest BCUT2D eigenvalue weighted by Crippen LogP contribution is 2.74. The Morgan fingerprint density at radius 1 is 0.904 bits per heavy atom. The summed E-state index contributed by atoms with van der Waals surface area (Å²) in [4.78, 5) is 13.8. The van der Waals surface area contributed by atoms with Gasteiger partial charge < -0.3 is 70.9 Å². The molecule has 15 nitrogen and oxygen atoms in total. The first kappa shape index (κ1) is 68.4. The van der Waals surface area contributed by atoms with Crippen LogP contribution in [0.3, 0.4) is 0 Å². The Hall–Kier alpha value is -7.39. The standard InChI is InChI=1S/C87H94N4O11S2/c1-4-60-61-22-21-56-16-10-28-86(97)32-31-84-29-30-85(46-84)39-54-37-59(95)38-70(100-47-93)72(54)63-24-23-62-67(44-99-48(2)94)78(101-79(62)76(63)85)75-64-25-27-69-81(71(36-49-11-6-5-7-12-49)104-103-45-51-14-9-17-58(35-51)90-69)102-80(64)77(96)65-41-89-40-55(42-92)66(43-98-3)53-19-18-52(73(65)75)20-26-68(91-83(60)88)74(61)82(84)87(56,86)57-15-8-13-50(33-53)34-57/h5-8,11-13,15,21-25,27,31-32,34,37-38,51-53,55-56,58,66-67,69,71,78,81-83,89-93,95-97H,4,9-10,14,16-17,28-30,33,35-36,39-47,88H2,1-3H3/t51-,52+,53+,55+,56+,58+,66-,67+,69+,71+,78+,81+,82-,83?,84-,85+,86+,87+/m1/s1. The van der Waals surface area contributed by atoms with Crippen LogP contribution in [-0.4, -0.2) is 113 Å². The van der Waals surface area contributed by atoms with Crippen molar-refractivity contribution in [3.05, 3.63) is 187 Å². The number of hydrogen-bond donors (Lipinski definition) is 9. The summed E-state index contributed by atoms with van der Waals surface area (Å²) in [7, 11) is 5.53. The van der Waals surface area contributed by atoms with E-state index in [0.717, 1.165) is 93.5 Å². The summed E-state index contributed by atoms with van der Waals surface area (Å²) < 4.78 is 35.1. The fourth-order valence-corrected chi connectivity index (χ4v) is 25.6. The lowest BCUT2D eigenvalue weighted by molar-refractivity contribution is -0.141. The minimum atomic E-state index is -1.37. The molecule has 1 saturated heterocycles. The largest absolute Gasteiger partial charge is 0.508 e. The zero-order valence-electron chi connectivity index (χ0n) is 59.5. The summed E-state index contributed by atoms with van der Waals surface area (Å²) in [6, 6.07) is 27.3. The van der Waals surface area contributed by atoms with Crippen LogP contribution in [0.25, 0.3) is 17.2 Å². The Morgan fingerprint density at radius 2 is 1.79 bits per heavy atom. The lowest BCUT2D eigenvalue weighted by Crippen LogP contribution is -2.66. The molecule has 104 heavy (non-hydrogen) atoms. The van der Waals surface area contributed by atoms with Crippen LogP contribution < -0.4 is 35.9 Å². The number of benzene rings is 5. The van der Waals surface area contributed by atoms with Crippen molar-refractivity contribution in [1.29, 1.82) is 0 Å². The van der Waals surface area contributed by atoms with E-state index in [4.69, 9.17) is 29.4 Å². The van der Waals surface area contributed by atoms with E-state index in [2.05, 4.69) is 150 Å². The average molecular weight is 1440 g/mol. The molecule has 7 aliphatic carbocycles. The summed E-state index contributed by atoms with van der Waals surface area (Å²) in [6.45, 7) is 3.48. The Balaban J connectivity index is 0.998. The molecule has 5 aromatic carbocycles. The van der Waals surface area contributed by atoms with Gasteiger partial charge in [-0.05, 0) is 163 Å². The van der Waals surface area contributed by atoms with Gasteiger partial charge in [0.25, 0.3) is 0 Å². The molecule has 0 aromatic heterocycles. The number of aliphatic hydroxyl groups is 3. The number of esters is 1. The third-order valence-corrected chi connectivity index (χ3v) is 29.6. The number of aromatic hydroxyl groups is 2. The molecule has 540 valence electrons. The van der Waals surface area contributed by atoms with Crippen molar-refractivity contribution >= 4 is 33.6 Å². The fourth-order valence-electron chi connectivity index (χ4n) is 22.4. The second-order valence-corrected chi connectivity index (χ2v) is 34.8. The van der Waals surface area contributed by atoms with Crippen molar-refractivity contribution in [3.63, 3.8) is 0 Å². The lowest BCUT2D eigenvalue weighted by Gasteiger charge is -2.64. The van der Waals surface area contributed by atoms with Crippen molar-refractivity contribution in [2.24, 2.45) is 46.7 Å². The van der Waals surface area contributed by atoms with Gasteiger partial charge in [0.2, 0.25) is 0 Å². The topological polar surface area (TPSA) is 226 Å². The molecule has 0 radical (unpaired) electrons. The lowest BCUT2D eigenvalue weighted by atomic mass is 9.40. The van der Waals surface area contributed by atoms with E-state index in [9.17, 15) is 30.3 Å². The average Bonchev–Trinajstić information content (AvgIpc) is 1.38. The molecule has 13 bridgehead atoms. The monoisotopic (exact) mass is 1430 g/mol. The highest BCUT2D eigenvalue weighted by Gasteiger charge is 2.71. The fraction of sp³-hybridized carbons (Fsp3) is 0.483. The van der Waals surface area contributed by atoms with Gasteiger partial charge in [0, 0.05) is 119 Å². The minimum Gasteiger partial charge on any atom is -0.508 e. The van der Waals surface area contributed by atoms with E-state index in [0.29, 0.717) is 116 Å². The normalized spacial score (nSPS) is 34.7. The molecule has 1 unspecified atom stereocenters. The highest BCUT2D eigenvalue weighted by molar-refractivity contribution is 8.77. The zero-order valence-corrected chi connectivity index (χ0v) is 61.1. The molecule has 10 N–H and O–H groups in total. The molecule has 18 atom stereocenters. The smallest absolute Gasteiger partial charge is 0.302 e.